The first-order chi connectivity index (χ1) is 12.7. The van der Waals surface area contributed by atoms with Crippen LogP contribution in [0.4, 0.5) is 4.79 Å². The van der Waals surface area contributed by atoms with Crippen molar-refractivity contribution in [2.24, 2.45) is 0 Å². The highest BCUT2D eigenvalue weighted by molar-refractivity contribution is 5.90. The fourth-order valence-corrected chi connectivity index (χ4v) is 2.44. The number of carbonyl (C=O) groups excluding carboxylic acids is 2. The first kappa shape index (κ1) is 17.5. The molecule has 0 saturated carbocycles. The van der Waals surface area contributed by atoms with Gasteiger partial charge >= 0.3 is 12.1 Å². The van der Waals surface area contributed by atoms with Gasteiger partial charge < -0.3 is 18.9 Å². The topological polar surface area (TPSA) is 71.1 Å². The van der Waals surface area contributed by atoms with Crippen LogP contribution in [0.2, 0.25) is 0 Å². The summed E-state index contributed by atoms with van der Waals surface area (Å²) in [6.45, 7) is 1.79. The summed E-state index contributed by atoms with van der Waals surface area (Å²) in [7, 11) is 0. The lowest BCUT2D eigenvalue weighted by Gasteiger charge is -2.08. The maximum Gasteiger partial charge on any atom is 0.508 e. The molecule has 0 saturated heterocycles. The van der Waals surface area contributed by atoms with Crippen molar-refractivity contribution >= 4 is 24.5 Å². The molecule has 0 unspecified atom stereocenters. The average molecular weight is 354 g/mol. The van der Waals surface area contributed by atoms with Gasteiger partial charge in [-0.15, -0.1) is 0 Å². The van der Waals surface area contributed by atoms with Crippen LogP contribution in [0.3, 0.4) is 0 Å². The summed E-state index contributed by atoms with van der Waals surface area (Å²) in [5, 5.41) is 1.96. The zero-order valence-electron chi connectivity index (χ0n) is 14.3. The molecule has 0 amide bonds. The van der Waals surface area contributed by atoms with Crippen molar-refractivity contribution in [2.75, 3.05) is 19.8 Å². The molecule has 0 N–H and O–H groups in total. The molecule has 0 spiro atoms. The molecule has 1 heterocycles. The Morgan fingerprint density at radius 1 is 0.962 bits per heavy atom. The number of carbonyl (C=O) groups is 2. The number of esters is 1. The minimum absolute atomic E-state index is 0.0500. The second-order valence-electron chi connectivity index (χ2n) is 5.43. The van der Waals surface area contributed by atoms with Gasteiger partial charge in [0.2, 0.25) is 0 Å². The van der Waals surface area contributed by atoms with Crippen molar-refractivity contribution in [3.8, 4) is 5.75 Å². The van der Waals surface area contributed by atoms with Gasteiger partial charge in [-0.3, -0.25) is 0 Å². The summed E-state index contributed by atoms with van der Waals surface area (Å²) in [5.74, 6) is 0.151. The first-order valence-corrected chi connectivity index (χ1v) is 8.21. The van der Waals surface area contributed by atoms with E-state index in [0.29, 0.717) is 11.3 Å². The van der Waals surface area contributed by atoms with Gasteiger partial charge in [0, 0.05) is 10.8 Å². The molecule has 6 nitrogen and oxygen atoms in total. The molecule has 0 atom stereocenters. The van der Waals surface area contributed by atoms with E-state index in [9.17, 15) is 9.59 Å². The lowest BCUT2D eigenvalue weighted by Crippen LogP contribution is -2.23. The van der Waals surface area contributed by atoms with Gasteiger partial charge in [0.1, 0.15) is 19.0 Å². The summed E-state index contributed by atoms with van der Waals surface area (Å²) >= 11 is 0. The Labute approximate surface area is 150 Å². The van der Waals surface area contributed by atoms with E-state index in [0.717, 1.165) is 16.0 Å². The van der Waals surface area contributed by atoms with Crippen molar-refractivity contribution < 1.29 is 28.5 Å². The molecule has 1 aliphatic heterocycles. The molecular weight excluding hydrogens is 336 g/mol. The Hall–Kier alpha value is -3.28. The minimum Gasteiger partial charge on any atom is -0.464 e. The van der Waals surface area contributed by atoms with E-state index in [4.69, 9.17) is 14.2 Å². The standard InChI is InChI=1S/C20H18O6/c1-2-23-20(22)25-10-9-24-19(21)15-7-8-18-17(12-15)11-14-5-3-4-6-16(14)13-26-18/h3-8,11-13H,2,9-10H2,1H3. The highest BCUT2D eigenvalue weighted by atomic mass is 16.7. The Morgan fingerprint density at radius 3 is 2.54 bits per heavy atom. The molecule has 0 radical (unpaired) electrons. The van der Waals surface area contributed by atoms with E-state index >= 15 is 0 Å². The molecule has 0 aromatic heterocycles. The van der Waals surface area contributed by atoms with Crippen LogP contribution in [-0.4, -0.2) is 31.9 Å². The predicted molar refractivity (Wildman–Crippen MR) is 94.1 cm³/mol. The highest BCUT2D eigenvalue weighted by Gasteiger charge is 2.12. The van der Waals surface area contributed by atoms with Crippen LogP contribution >= 0.6 is 0 Å². The lowest BCUT2D eigenvalue weighted by molar-refractivity contribution is 0.0243. The highest BCUT2D eigenvalue weighted by Crippen LogP contribution is 2.22. The number of hydrogen-bond acceptors (Lipinski definition) is 6. The quantitative estimate of drug-likeness (QED) is 0.604. The summed E-state index contributed by atoms with van der Waals surface area (Å²) in [6, 6.07) is 12.9. The molecule has 0 bridgehead atoms. The zero-order chi connectivity index (χ0) is 18.4. The second kappa shape index (κ2) is 8.20. The first-order valence-electron chi connectivity index (χ1n) is 8.21. The molecule has 26 heavy (non-hydrogen) atoms. The van der Waals surface area contributed by atoms with Crippen LogP contribution < -0.4 is 15.2 Å². The minimum atomic E-state index is -0.782. The average Bonchev–Trinajstić information content (AvgIpc) is 2.83. The van der Waals surface area contributed by atoms with Gasteiger partial charge in [-0.1, -0.05) is 24.3 Å². The molecule has 134 valence electrons. The number of hydrogen-bond donors (Lipinski definition) is 0. The molecule has 0 aliphatic carbocycles. The second-order valence-corrected chi connectivity index (χ2v) is 5.43. The fourth-order valence-electron chi connectivity index (χ4n) is 2.44. The van der Waals surface area contributed by atoms with E-state index in [1.54, 1.807) is 31.4 Å². The third kappa shape index (κ3) is 4.22. The van der Waals surface area contributed by atoms with Crippen molar-refractivity contribution in [3.05, 3.63) is 64.0 Å². The normalized spacial score (nSPS) is 11.4. The summed E-state index contributed by atoms with van der Waals surface area (Å²) in [6.07, 6.45) is 2.85. The van der Waals surface area contributed by atoms with Crippen LogP contribution in [0.15, 0.2) is 42.5 Å². The smallest absolute Gasteiger partial charge is 0.464 e. The number of benzene rings is 2. The van der Waals surface area contributed by atoms with Crippen LogP contribution in [0.25, 0.3) is 12.3 Å². The van der Waals surface area contributed by atoms with E-state index in [2.05, 4.69) is 4.74 Å². The van der Waals surface area contributed by atoms with Gasteiger partial charge in [-0.25, -0.2) is 9.59 Å². The molecule has 1 aliphatic rings. The van der Waals surface area contributed by atoms with Crippen LogP contribution in [-0.2, 0) is 14.2 Å². The molecular formula is C20H18O6. The molecule has 2 aromatic carbocycles. The predicted octanol–water partition coefficient (Wildman–Crippen LogP) is 1.98. The van der Waals surface area contributed by atoms with Crippen molar-refractivity contribution in [2.45, 2.75) is 6.92 Å². The number of ether oxygens (including phenoxy) is 4. The molecule has 2 aromatic rings. The van der Waals surface area contributed by atoms with Gasteiger partial charge in [0.15, 0.2) is 0 Å². The Kier molecular flexibility index (Phi) is 5.53. The zero-order valence-corrected chi connectivity index (χ0v) is 14.3. The van der Waals surface area contributed by atoms with Crippen LogP contribution in [0, 0.1) is 0 Å². The van der Waals surface area contributed by atoms with Crippen LogP contribution in [0.5, 0.6) is 5.75 Å². The number of rotatable bonds is 5. The largest absolute Gasteiger partial charge is 0.508 e. The Balaban J connectivity index is 1.68. The van der Waals surface area contributed by atoms with Crippen LogP contribution in [0.1, 0.15) is 22.8 Å². The summed E-state index contributed by atoms with van der Waals surface area (Å²) < 4.78 is 20.2. The van der Waals surface area contributed by atoms with Gasteiger partial charge in [0.25, 0.3) is 0 Å². The maximum absolute atomic E-state index is 12.2. The van der Waals surface area contributed by atoms with Gasteiger partial charge in [0.05, 0.1) is 18.4 Å². The SMILES string of the molecule is CCOC(=O)OCCOC(=O)c1ccc2c(c1)C=c1ccccc1=CO2. The van der Waals surface area contributed by atoms with E-state index in [1.807, 2.05) is 30.3 Å². The van der Waals surface area contributed by atoms with E-state index in [-0.39, 0.29) is 19.8 Å². The molecule has 6 heteroatoms. The lowest BCUT2D eigenvalue weighted by atomic mass is 10.1. The van der Waals surface area contributed by atoms with Gasteiger partial charge in [-0.2, -0.15) is 0 Å². The monoisotopic (exact) mass is 354 g/mol. The number of fused-ring (bicyclic) bond motifs is 2. The fraction of sp³-hybridized carbons (Fsp3) is 0.200. The summed E-state index contributed by atoms with van der Waals surface area (Å²) in [5.41, 5.74) is 1.17. The summed E-state index contributed by atoms with van der Waals surface area (Å²) in [4.78, 5) is 23.2. The molecule has 3 rings (SSSR count). The van der Waals surface area contributed by atoms with Crippen molar-refractivity contribution in [1.29, 1.82) is 0 Å². The third-order valence-electron chi connectivity index (χ3n) is 3.66. The van der Waals surface area contributed by atoms with Crippen molar-refractivity contribution in [3.63, 3.8) is 0 Å². The Bertz CT molecular complexity index is 932. The Morgan fingerprint density at radius 2 is 1.73 bits per heavy atom. The van der Waals surface area contributed by atoms with Crippen molar-refractivity contribution in [1.82, 2.24) is 0 Å². The third-order valence-corrected chi connectivity index (χ3v) is 3.66. The maximum atomic E-state index is 12.2. The van der Waals surface area contributed by atoms with Gasteiger partial charge in [-0.05, 0) is 36.4 Å². The van der Waals surface area contributed by atoms with E-state index < -0.39 is 12.1 Å². The van der Waals surface area contributed by atoms with E-state index in [1.165, 1.54) is 0 Å². The molecule has 0 fully saturated rings.